The number of ketones is 1. The fraction of sp³-hybridized carbons (Fsp3) is 0.818. The second-order valence-electron chi connectivity index (χ2n) is 4.06. The Bertz CT molecular complexity index is 231. The maximum atomic E-state index is 11.7. The Kier molecular flexibility index (Phi) is 4.75. The molecule has 0 heterocycles. The van der Waals surface area contributed by atoms with Gasteiger partial charge in [0.15, 0.2) is 5.78 Å². The molecular formula is C11H18O4. The van der Waals surface area contributed by atoms with Crippen LogP contribution in [0.3, 0.4) is 0 Å². The SMILES string of the molecule is CC(=O)OCC(O)C(=O)C1CCCCC1. The normalized spacial score (nSPS) is 19.6. The Morgan fingerprint density at radius 1 is 1.33 bits per heavy atom. The van der Waals surface area contributed by atoms with Crippen molar-refractivity contribution in [3.8, 4) is 0 Å². The van der Waals surface area contributed by atoms with E-state index in [9.17, 15) is 14.7 Å². The number of ether oxygens (including phenoxy) is 1. The summed E-state index contributed by atoms with van der Waals surface area (Å²) in [6.07, 6.45) is 3.85. The molecule has 86 valence electrons. The van der Waals surface area contributed by atoms with Crippen LogP contribution < -0.4 is 0 Å². The molecule has 0 aliphatic heterocycles. The summed E-state index contributed by atoms with van der Waals surface area (Å²) in [5, 5.41) is 9.49. The molecule has 1 aliphatic carbocycles. The number of aliphatic hydroxyl groups excluding tert-OH is 1. The van der Waals surface area contributed by atoms with Gasteiger partial charge in [0.05, 0.1) is 0 Å². The van der Waals surface area contributed by atoms with Gasteiger partial charge in [0.2, 0.25) is 0 Å². The monoisotopic (exact) mass is 214 g/mol. The van der Waals surface area contributed by atoms with Crippen molar-refractivity contribution in [3.63, 3.8) is 0 Å². The first-order valence-electron chi connectivity index (χ1n) is 5.46. The maximum Gasteiger partial charge on any atom is 0.302 e. The summed E-state index contributed by atoms with van der Waals surface area (Å²) in [6, 6.07) is 0. The molecule has 15 heavy (non-hydrogen) atoms. The summed E-state index contributed by atoms with van der Waals surface area (Å²) in [5.74, 6) is -0.675. The van der Waals surface area contributed by atoms with E-state index in [2.05, 4.69) is 4.74 Å². The summed E-state index contributed by atoms with van der Waals surface area (Å²) in [7, 11) is 0. The van der Waals surface area contributed by atoms with Gasteiger partial charge in [-0.05, 0) is 12.8 Å². The minimum atomic E-state index is -1.14. The Morgan fingerprint density at radius 2 is 1.93 bits per heavy atom. The van der Waals surface area contributed by atoms with Crippen LogP contribution in [-0.2, 0) is 14.3 Å². The quantitative estimate of drug-likeness (QED) is 0.711. The number of Topliss-reactive ketones (excluding diaryl/α,β-unsaturated/α-hetero) is 1. The molecule has 1 saturated carbocycles. The van der Waals surface area contributed by atoms with E-state index in [1.165, 1.54) is 13.3 Å². The van der Waals surface area contributed by atoms with Crippen LogP contribution in [0.1, 0.15) is 39.0 Å². The van der Waals surface area contributed by atoms with Crippen LogP contribution in [-0.4, -0.2) is 29.6 Å². The van der Waals surface area contributed by atoms with Crippen LogP contribution in [0.2, 0.25) is 0 Å². The van der Waals surface area contributed by atoms with Crippen molar-refractivity contribution in [1.82, 2.24) is 0 Å². The largest absolute Gasteiger partial charge is 0.463 e. The zero-order chi connectivity index (χ0) is 11.3. The van der Waals surface area contributed by atoms with Crippen molar-refractivity contribution < 1.29 is 19.4 Å². The smallest absolute Gasteiger partial charge is 0.302 e. The minimum absolute atomic E-state index is 0.0377. The topological polar surface area (TPSA) is 63.6 Å². The third-order valence-corrected chi connectivity index (χ3v) is 2.78. The lowest BCUT2D eigenvalue weighted by Crippen LogP contribution is -2.33. The van der Waals surface area contributed by atoms with E-state index >= 15 is 0 Å². The fourth-order valence-electron chi connectivity index (χ4n) is 1.94. The van der Waals surface area contributed by atoms with Gasteiger partial charge in [-0.3, -0.25) is 9.59 Å². The molecule has 4 nitrogen and oxygen atoms in total. The predicted octanol–water partition coefficient (Wildman–Crippen LogP) is 1.06. The lowest BCUT2D eigenvalue weighted by molar-refractivity contribution is -0.147. The molecule has 1 aliphatic rings. The van der Waals surface area contributed by atoms with E-state index in [0.29, 0.717) is 0 Å². The first kappa shape index (κ1) is 12.2. The van der Waals surface area contributed by atoms with Crippen LogP contribution >= 0.6 is 0 Å². The number of carbonyl (C=O) groups is 2. The Balaban J connectivity index is 2.33. The Morgan fingerprint density at radius 3 is 2.47 bits per heavy atom. The second-order valence-corrected chi connectivity index (χ2v) is 4.06. The van der Waals surface area contributed by atoms with Gasteiger partial charge >= 0.3 is 5.97 Å². The van der Waals surface area contributed by atoms with E-state index in [1.54, 1.807) is 0 Å². The summed E-state index contributed by atoms with van der Waals surface area (Å²) in [6.45, 7) is 1.06. The molecule has 0 saturated heterocycles. The van der Waals surface area contributed by atoms with Gasteiger partial charge < -0.3 is 9.84 Å². The van der Waals surface area contributed by atoms with Crippen molar-refractivity contribution in [2.45, 2.75) is 45.1 Å². The molecule has 1 atom stereocenters. The van der Waals surface area contributed by atoms with Crippen LogP contribution in [0.15, 0.2) is 0 Å². The van der Waals surface area contributed by atoms with E-state index in [-0.39, 0.29) is 18.3 Å². The third-order valence-electron chi connectivity index (χ3n) is 2.78. The third kappa shape index (κ3) is 4.00. The molecule has 0 bridgehead atoms. The summed E-state index contributed by atoms with van der Waals surface area (Å²) in [5.41, 5.74) is 0. The molecule has 0 aromatic heterocycles. The highest BCUT2D eigenvalue weighted by atomic mass is 16.5. The van der Waals surface area contributed by atoms with Gasteiger partial charge in [-0.25, -0.2) is 0 Å². The molecule has 1 unspecified atom stereocenters. The van der Waals surface area contributed by atoms with Gasteiger partial charge in [-0.1, -0.05) is 19.3 Å². The van der Waals surface area contributed by atoms with Crippen molar-refractivity contribution in [1.29, 1.82) is 0 Å². The summed E-state index contributed by atoms with van der Waals surface area (Å²) >= 11 is 0. The van der Waals surface area contributed by atoms with Crippen LogP contribution in [0, 0.1) is 5.92 Å². The zero-order valence-electron chi connectivity index (χ0n) is 9.07. The van der Waals surface area contributed by atoms with Gasteiger partial charge in [0.1, 0.15) is 12.7 Å². The van der Waals surface area contributed by atoms with Crippen molar-refractivity contribution in [2.24, 2.45) is 5.92 Å². The average molecular weight is 214 g/mol. The van der Waals surface area contributed by atoms with Gasteiger partial charge in [0.25, 0.3) is 0 Å². The van der Waals surface area contributed by atoms with Gasteiger partial charge in [-0.2, -0.15) is 0 Å². The Labute approximate surface area is 89.6 Å². The molecule has 0 spiro atoms. The highest BCUT2D eigenvalue weighted by molar-refractivity contribution is 5.85. The zero-order valence-corrected chi connectivity index (χ0v) is 9.07. The first-order chi connectivity index (χ1) is 7.11. The first-order valence-corrected chi connectivity index (χ1v) is 5.46. The van der Waals surface area contributed by atoms with E-state index in [1.807, 2.05) is 0 Å². The fourth-order valence-corrected chi connectivity index (χ4v) is 1.94. The standard InChI is InChI=1S/C11H18O4/c1-8(12)15-7-10(13)11(14)9-5-3-2-4-6-9/h9-10,13H,2-7H2,1H3. The molecule has 1 N–H and O–H groups in total. The van der Waals surface area contributed by atoms with Crippen molar-refractivity contribution in [2.75, 3.05) is 6.61 Å². The van der Waals surface area contributed by atoms with Gasteiger partial charge in [0, 0.05) is 12.8 Å². The van der Waals surface area contributed by atoms with E-state index < -0.39 is 12.1 Å². The van der Waals surface area contributed by atoms with Crippen LogP contribution in [0.5, 0.6) is 0 Å². The molecule has 0 aromatic carbocycles. The lowest BCUT2D eigenvalue weighted by Gasteiger charge is -2.22. The highest BCUT2D eigenvalue weighted by Gasteiger charge is 2.27. The number of aliphatic hydroxyl groups is 1. The van der Waals surface area contributed by atoms with E-state index in [4.69, 9.17) is 0 Å². The molecular weight excluding hydrogens is 196 g/mol. The van der Waals surface area contributed by atoms with Crippen molar-refractivity contribution in [3.05, 3.63) is 0 Å². The predicted molar refractivity (Wildman–Crippen MR) is 54.2 cm³/mol. The number of hydrogen-bond donors (Lipinski definition) is 1. The van der Waals surface area contributed by atoms with Crippen LogP contribution in [0.4, 0.5) is 0 Å². The second kappa shape index (κ2) is 5.85. The molecule has 1 fully saturated rings. The molecule has 0 amide bonds. The number of carbonyl (C=O) groups excluding carboxylic acids is 2. The average Bonchev–Trinajstić information content (AvgIpc) is 2.26. The van der Waals surface area contributed by atoms with E-state index in [0.717, 1.165) is 25.7 Å². The lowest BCUT2D eigenvalue weighted by atomic mass is 9.84. The minimum Gasteiger partial charge on any atom is -0.463 e. The molecule has 0 aromatic rings. The molecule has 0 radical (unpaired) electrons. The summed E-state index contributed by atoms with van der Waals surface area (Å²) in [4.78, 5) is 22.2. The van der Waals surface area contributed by atoms with Crippen LogP contribution in [0.25, 0.3) is 0 Å². The Hall–Kier alpha value is -0.900. The molecule has 4 heteroatoms. The number of hydrogen-bond acceptors (Lipinski definition) is 4. The van der Waals surface area contributed by atoms with Crippen molar-refractivity contribution >= 4 is 11.8 Å². The highest BCUT2D eigenvalue weighted by Crippen LogP contribution is 2.25. The number of esters is 1. The number of rotatable bonds is 4. The van der Waals surface area contributed by atoms with Gasteiger partial charge in [-0.15, -0.1) is 0 Å². The summed E-state index contributed by atoms with van der Waals surface area (Å²) < 4.78 is 4.61. The maximum absolute atomic E-state index is 11.7. The molecule has 1 rings (SSSR count).